The summed E-state index contributed by atoms with van der Waals surface area (Å²) < 4.78 is 5.25. The van der Waals surface area contributed by atoms with Gasteiger partial charge in [0, 0.05) is 41.7 Å². The van der Waals surface area contributed by atoms with Gasteiger partial charge >= 0.3 is 0 Å². The number of H-pyrrole nitrogens is 1. The molecule has 5 nitrogen and oxygen atoms in total. The second-order valence-electron chi connectivity index (χ2n) is 6.14. The van der Waals surface area contributed by atoms with Crippen molar-refractivity contribution in [1.82, 2.24) is 4.98 Å². The minimum Gasteiger partial charge on any atom is -0.497 e. The lowest BCUT2D eigenvalue weighted by molar-refractivity contribution is -0.118. The van der Waals surface area contributed by atoms with Crippen molar-refractivity contribution in [3.05, 3.63) is 59.8 Å². The van der Waals surface area contributed by atoms with Crippen LogP contribution in [0.5, 0.6) is 5.75 Å². The molecule has 0 saturated heterocycles. The highest BCUT2D eigenvalue weighted by Gasteiger charge is 2.28. The number of carbonyl (C=O) groups excluding carboxylic acids is 2. The SMILES string of the molecule is COc1ccc2c(c1)N(C(=O)Cc1c[nH]c3ccccc13)CCC2=O. The van der Waals surface area contributed by atoms with Crippen LogP contribution in [0.1, 0.15) is 22.3 Å². The summed E-state index contributed by atoms with van der Waals surface area (Å²) in [5, 5.41) is 1.05. The highest BCUT2D eigenvalue weighted by atomic mass is 16.5. The molecule has 25 heavy (non-hydrogen) atoms. The number of Topliss-reactive ketones (excluding diaryl/α,β-unsaturated/α-hetero) is 1. The van der Waals surface area contributed by atoms with Crippen LogP contribution < -0.4 is 9.64 Å². The number of methoxy groups -OCH3 is 1. The molecule has 3 aromatic rings. The monoisotopic (exact) mass is 334 g/mol. The maximum atomic E-state index is 12.9. The van der Waals surface area contributed by atoms with E-state index in [0.717, 1.165) is 16.5 Å². The van der Waals surface area contributed by atoms with Crippen LogP contribution in [0.25, 0.3) is 10.9 Å². The third-order valence-corrected chi connectivity index (χ3v) is 4.68. The number of rotatable bonds is 3. The number of amides is 1. The largest absolute Gasteiger partial charge is 0.497 e. The predicted octanol–water partition coefficient (Wildman–Crippen LogP) is 3.34. The van der Waals surface area contributed by atoms with E-state index in [-0.39, 0.29) is 18.1 Å². The van der Waals surface area contributed by atoms with Crippen molar-refractivity contribution in [3.8, 4) is 5.75 Å². The Balaban J connectivity index is 1.67. The van der Waals surface area contributed by atoms with E-state index in [1.807, 2.05) is 30.5 Å². The molecule has 1 aliphatic heterocycles. The molecule has 0 unspecified atom stereocenters. The fourth-order valence-electron chi connectivity index (χ4n) is 3.36. The van der Waals surface area contributed by atoms with Gasteiger partial charge in [-0.05, 0) is 23.8 Å². The van der Waals surface area contributed by atoms with Crippen molar-refractivity contribution in [1.29, 1.82) is 0 Å². The van der Waals surface area contributed by atoms with Crippen LogP contribution in [0.3, 0.4) is 0 Å². The Bertz CT molecular complexity index is 974. The summed E-state index contributed by atoms with van der Waals surface area (Å²) in [6, 6.07) is 13.2. The van der Waals surface area contributed by atoms with Crippen molar-refractivity contribution in [2.24, 2.45) is 0 Å². The van der Waals surface area contributed by atoms with Gasteiger partial charge in [0.05, 0.1) is 19.2 Å². The van der Waals surface area contributed by atoms with E-state index in [2.05, 4.69) is 4.98 Å². The lowest BCUT2D eigenvalue weighted by Gasteiger charge is -2.29. The van der Waals surface area contributed by atoms with Crippen LogP contribution in [0.15, 0.2) is 48.7 Å². The third-order valence-electron chi connectivity index (χ3n) is 4.68. The maximum absolute atomic E-state index is 12.9. The summed E-state index contributed by atoms with van der Waals surface area (Å²) in [6.45, 7) is 0.403. The van der Waals surface area contributed by atoms with Gasteiger partial charge in [-0.1, -0.05) is 18.2 Å². The number of aromatic amines is 1. The van der Waals surface area contributed by atoms with Gasteiger partial charge in [0.1, 0.15) is 5.75 Å². The molecule has 126 valence electrons. The molecule has 0 spiro atoms. The molecule has 4 rings (SSSR count). The summed E-state index contributed by atoms with van der Waals surface area (Å²) in [5.74, 6) is 0.680. The summed E-state index contributed by atoms with van der Waals surface area (Å²) in [5.41, 5.74) is 3.20. The molecule has 1 amide bonds. The van der Waals surface area contributed by atoms with E-state index in [0.29, 0.717) is 30.0 Å². The second-order valence-corrected chi connectivity index (χ2v) is 6.14. The number of anilines is 1. The van der Waals surface area contributed by atoms with Gasteiger partial charge < -0.3 is 14.6 Å². The normalized spacial score (nSPS) is 13.8. The lowest BCUT2D eigenvalue weighted by atomic mass is 9.99. The molecule has 1 N–H and O–H groups in total. The average Bonchev–Trinajstić information content (AvgIpc) is 3.04. The second kappa shape index (κ2) is 6.09. The van der Waals surface area contributed by atoms with Crippen molar-refractivity contribution >= 4 is 28.3 Å². The van der Waals surface area contributed by atoms with Crippen LogP contribution in [0, 0.1) is 0 Å². The Kier molecular flexibility index (Phi) is 3.76. The quantitative estimate of drug-likeness (QED) is 0.799. The molecule has 5 heteroatoms. The van der Waals surface area contributed by atoms with Crippen LogP contribution >= 0.6 is 0 Å². The zero-order valence-electron chi connectivity index (χ0n) is 13.9. The molecule has 0 bridgehead atoms. The van der Waals surface area contributed by atoms with E-state index in [9.17, 15) is 9.59 Å². The highest BCUT2D eigenvalue weighted by Crippen LogP contribution is 2.31. The van der Waals surface area contributed by atoms with Gasteiger partial charge in [0.2, 0.25) is 5.91 Å². The number of fused-ring (bicyclic) bond motifs is 2. The molecule has 0 fully saturated rings. The van der Waals surface area contributed by atoms with Crippen LogP contribution in [-0.4, -0.2) is 30.3 Å². The standard InChI is InChI=1S/C20H18N2O3/c1-25-14-6-7-16-18(11-14)22(9-8-19(16)23)20(24)10-13-12-21-17-5-3-2-4-15(13)17/h2-7,11-12,21H,8-10H2,1H3. The number of nitrogens with zero attached hydrogens (tertiary/aromatic N) is 1. The first kappa shape index (κ1) is 15.4. The number of hydrogen-bond donors (Lipinski definition) is 1. The Morgan fingerprint density at radius 1 is 1.24 bits per heavy atom. The first-order valence-electron chi connectivity index (χ1n) is 8.24. The molecule has 1 aliphatic rings. The minimum atomic E-state index is -0.0215. The topological polar surface area (TPSA) is 62.4 Å². The van der Waals surface area contributed by atoms with Gasteiger partial charge in [-0.15, -0.1) is 0 Å². The number of benzene rings is 2. The molecule has 2 aromatic carbocycles. The van der Waals surface area contributed by atoms with Crippen LogP contribution in [0.4, 0.5) is 5.69 Å². The smallest absolute Gasteiger partial charge is 0.231 e. The molecular weight excluding hydrogens is 316 g/mol. The maximum Gasteiger partial charge on any atom is 0.231 e. The zero-order valence-corrected chi connectivity index (χ0v) is 13.9. The number of aromatic nitrogens is 1. The average molecular weight is 334 g/mol. The molecule has 0 radical (unpaired) electrons. The Labute approximate surface area is 145 Å². The lowest BCUT2D eigenvalue weighted by Crippen LogP contribution is -2.38. The first-order valence-corrected chi connectivity index (χ1v) is 8.24. The van der Waals surface area contributed by atoms with Crippen molar-refractivity contribution in [3.63, 3.8) is 0 Å². The predicted molar refractivity (Wildman–Crippen MR) is 96.3 cm³/mol. The number of hydrogen-bond acceptors (Lipinski definition) is 3. The minimum absolute atomic E-state index is 0.0215. The Morgan fingerprint density at radius 2 is 2.08 bits per heavy atom. The van der Waals surface area contributed by atoms with Gasteiger partial charge in [-0.3, -0.25) is 9.59 Å². The van der Waals surface area contributed by atoms with Crippen molar-refractivity contribution in [2.75, 3.05) is 18.6 Å². The van der Waals surface area contributed by atoms with E-state index < -0.39 is 0 Å². The van der Waals surface area contributed by atoms with E-state index in [1.54, 1.807) is 30.2 Å². The highest BCUT2D eigenvalue weighted by molar-refractivity contribution is 6.09. The van der Waals surface area contributed by atoms with Gasteiger partial charge in [-0.25, -0.2) is 0 Å². The fourth-order valence-corrected chi connectivity index (χ4v) is 3.36. The summed E-state index contributed by atoms with van der Waals surface area (Å²) in [7, 11) is 1.57. The number of ketones is 1. The molecule has 2 heterocycles. The summed E-state index contributed by atoms with van der Waals surface area (Å²) >= 11 is 0. The number of carbonyl (C=O) groups is 2. The molecular formula is C20H18N2O3. The van der Waals surface area contributed by atoms with E-state index in [1.165, 1.54) is 0 Å². The van der Waals surface area contributed by atoms with E-state index >= 15 is 0 Å². The molecule has 0 saturated carbocycles. The van der Waals surface area contributed by atoms with Gasteiger partial charge in [0.15, 0.2) is 5.78 Å². The molecule has 1 aromatic heterocycles. The first-order chi connectivity index (χ1) is 12.2. The van der Waals surface area contributed by atoms with Crippen molar-refractivity contribution in [2.45, 2.75) is 12.8 Å². The third kappa shape index (κ3) is 2.67. The van der Waals surface area contributed by atoms with Crippen LogP contribution in [0.2, 0.25) is 0 Å². The number of para-hydroxylation sites is 1. The Morgan fingerprint density at radius 3 is 2.92 bits per heavy atom. The van der Waals surface area contributed by atoms with E-state index in [4.69, 9.17) is 4.74 Å². The zero-order chi connectivity index (χ0) is 17.4. The number of nitrogens with one attached hydrogen (secondary N) is 1. The Hall–Kier alpha value is -3.08. The fraction of sp³-hybridized carbons (Fsp3) is 0.200. The summed E-state index contributed by atoms with van der Waals surface area (Å²) in [4.78, 5) is 30.0. The molecule has 0 atom stereocenters. The molecule has 0 aliphatic carbocycles. The van der Waals surface area contributed by atoms with Crippen LogP contribution in [-0.2, 0) is 11.2 Å². The van der Waals surface area contributed by atoms with Crippen molar-refractivity contribution < 1.29 is 14.3 Å². The van der Waals surface area contributed by atoms with Gasteiger partial charge in [-0.2, -0.15) is 0 Å². The van der Waals surface area contributed by atoms with Gasteiger partial charge in [0.25, 0.3) is 0 Å². The number of ether oxygens (including phenoxy) is 1. The summed E-state index contributed by atoms with van der Waals surface area (Å²) in [6.07, 6.45) is 2.51.